The summed E-state index contributed by atoms with van der Waals surface area (Å²) in [4.78, 5) is 33.2. The van der Waals surface area contributed by atoms with Gasteiger partial charge in [0, 0.05) is 18.2 Å². The number of benzene rings is 1. The van der Waals surface area contributed by atoms with Gasteiger partial charge in [-0.05, 0) is 32.4 Å². The van der Waals surface area contributed by atoms with Crippen molar-refractivity contribution in [3.8, 4) is 5.75 Å². The minimum atomic E-state index is -0.959. The van der Waals surface area contributed by atoms with E-state index >= 15 is 0 Å². The van der Waals surface area contributed by atoms with Crippen molar-refractivity contribution in [3.63, 3.8) is 0 Å². The van der Waals surface area contributed by atoms with Crippen LogP contribution in [0, 0.1) is 15.5 Å². The Labute approximate surface area is 127 Å². The van der Waals surface area contributed by atoms with Crippen LogP contribution in [-0.4, -0.2) is 35.6 Å². The summed E-state index contributed by atoms with van der Waals surface area (Å²) < 4.78 is 4.85. The molecule has 0 bridgehead atoms. The molecule has 0 radical (unpaired) electrons. The fourth-order valence-corrected chi connectivity index (χ4v) is 1.67. The zero-order chi connectivity index (χ0) is 16.9. The molecule has 8 nitrogen and oxygen atoms in total. The smallest absolute Gasteiger partial charge is 0.311 e. The van der Waals surface area contributed by atoms with Gasteiger partial charge in [-0.2, -0.15) is 0 Å². The van der Waals surface area contributed by atoms with Gasteiger partial charge < -0.3 is 15.2 Å². The van der Waals surface area contributed by atoms with Gasteiger partial charge in [0.2, 0.25) is 0 Å². The Bertz CT molecular complexity index is 597. The fraction of sp³-hybridized carbons (Fsp3) is 0.429. The highest BCUT2D eigenvalue weighted by Crippen LogP contribution is 2.27. The van der Waals surface area contributed by atoms with Crippen LogP contribution in [0.4, 0.5) is 5.69 Å². The summed E-state index contributed by atoms with van der Waals surface area (Å²) in [5, 5.41) is 22.4. The van der Waals surface area contributed by atoms with Crippen molar-refractivity contribution in [1.82, 2.24) is 5.32 Å². The lowest BCUT2D eigenvalue weighted by Gasteiger charge is -2.18. The number of aliphatic carboxylic acids is 1. The summed E-state index contributed by atoms with van der Waals surface area (Å²) in [5.74, 6) is -1.40. The van der Waals surface area contributed by atoms with Gasteiger partial charge in [0.15, 0.2) is 5.75 Å². The molecule has 0 aliphatic carbocycles. The van der Waals surface area contributed by atoms with Crippen LogP contribution in [0.25, 0.3) is 0 Å². The van der Waals surface area contributed by atoms with Gasteiger partial charge in [-0.15, -0.1) is 0 Å². The number of rotatable bonds is 7. The predicted molar refractivity (Wildman–Crippen MR) is 78.0 cm³/mol. The Kier molecular flexibility index (Phi) is 5.44. The lowest BCUT2D eigenvalue weighted by Crippen LogP contribution is -2.31. The van der Waals surface area contributed by atoms with Crippen LogP contribution in [0.1, 0.15) is 30.6 Å². The molecule has 0 aliphatic rings. The highest BCUT2D eigenvalue weighted by Gasteiger charge is 2.26. The molecular formula is C14H18N2O6. The van der Waals surface area contributed by atoms with Crippen LogP contribution < -0.4 is 10.1 Å². The third-order valence-corrected chi connectivity index (χ3v) is 3.25. The van der Waals surface area contributed by atoms with Crippen molar-refractivity contribution in [3.05, 3.63) is 33.9 Å². The number of nitro groups is 1. The maximum absolute atomic E-state index is 12.0. The molecule has 2 N–H and O–H groups in total. The number of ether oxygens (including phenoxy) is 1. The first-order valence-electron chi connectivity index (χ1n) is 6.53. The Morgan fingerprint density at radius 2 is 2.05 bits per heavy atom. The predicted octanol–water partition coefficient (Wildman–Crippen LogP) is 1.83. The summed E-state index contributed by atoms with van der Waals surface area (Å²) in [6.07, 6.45) is 0.242. The molecule has 8 heteroatoms. The highest BCUT2D eigenvalue weighted by molar-refractivity contribution is 5.95. The molecule has 0 fully saturated rings. The molecule has 0 spiro atoms. The number of carbonyl (C=O) groups excluding carboxylic acids is 1. The fourth-order valence-electron chi connectivity index (χ4n) is 1.67. The number of carboxylic acid groups (broad SMARTS) is 1. The van der Waals surface area contributed by atoms with E-state index in [1.165, 1.54) is 19.2 Å². The number of nitrogens with one attached hydrogen (secondary N) is 1. The van der Waals surface area contributed by atoms with Crippen LogP contribution in [0.3, 0.4) is 0 Å². The number of methoxy groups -OCH3 is 1. The Hall–Kier alpha value is -2.64. The van der Waals surface area contributed by atoms with Gasteiger partial charge in [-0.3, -0.25) is 19.7 Å². The first-order chi connectivity index (χ1) is 10.2. The monoisotopic (exact) mass is 310 g/mol. The normalized spacial score (nSPS) is 10.9. The zero-order valence-electron chi connectivity index (χ0n) is 12.6. The molecule has 0 saturated carbocycles. The first kappa shape index (κ1) is 17.4. The molecule has 0 heterocycles. The molecule has 22 heavy (non-hydrogen) atoms. The lowest BCUT2D eigenvalue weighted by molar-refractivity contribution is -0.385. The van der Waals surface area contributed by atoms with E-state index in [1.807, 2.05) is 0 Å². The van der Waals surface area contributed by atoms with Gasteiger partial charge in [-0.1, -0.05) is 0 Å². The number of nitro benzene ring substituents is 1. The Morgan fingerprint density at radius 3 is 2.55 bits per heavy atom. The second-order valence-electron chi connectivity index (χ2n) is 5.34. The van der Waals surface area contributed by atoms with E-state index in [0.717, 1.165) is 6.07 Å². The summed E-state index contributed by atoms with van der Waals surface area (Å²) in [6.45, 7) is 3.26. The molecular weight excluding hydrogens is 292 g/mol. The van der Waals surface area contributed by atoms with Crippen LogP contribution in [0.5, 0.6) is 5.75 Å². The molecule has 1 aromatic rings. The molecule has 0 saturated heterocycles. The third-order valence-electron chi connectivity index (χ3n) is 3.25. The van der Waals surface area contributed by atoms with Gasteiger partial charge in [0.25, 0.3) is 5.91 Å². The number of amides is 1. The average Bonchev–Trinajstić information content (AvgIpc) is 2.45. The van der Waals surface area contributed by atoms with Crippen LogP contribution >= 0.6 is 0 Å². The van der Waals surface area contributed by atoms with Crippen molar-refractivity contribution >= 4 is 17.6 Å². The maximum atomic E-state index is 12.0. The van der Waals surface area contributed by atoms with Crippen LogP contribution in [-0.2, 0) is 4.79 Å². The largest absolute Gasteiger partial charge is 0.490 e. The van der Waals surface area contributed by atoms with Gasteiger partial charge >= 0.3 is 11.7 Å². The topological polar surface area (TPSA) is 119 Å². The van der Waals surface area contributed by atoms with Gasteiger partial charge in [0.1, 0.15) is 0 Å². The molecule has 1 aromatic carbocycles. The van der Waals surface area contributed by atoms with Crippen molar-refractivity contribution in [2.24, 2.45) is 5.41 Å². The number of carbonyl (C=O) groups is 2. The molecule has 0 aromatic heterocycles. The summed E-state index contributed by atoms with van der Waals surface area (Å²) >= 11 is 0. The van der Waals surface area contributed by atoms with Crippen molar-refractivity contribution in [1.29, 1.82) is 0 Å². The van der Waals surface area contributed by atoms with E-state index in [0.29, 0.717) is 0 Å². The van der Waals surface area contributed by atoms with Crippen LogP contribution in [0.2, 0.25) is 0 Å². The first-order valence-corrected chi connectivity index (χ1v) is 6.53. The minimum absolute atomic E-state index is 0.0635. The molecule has 0 unspecified atom stereocenters. The highest BCUT2D eigenvalue weighted by atomic mass is 16.6. The Morgan fingerprint density at radius 1 is 1.41 bits per heavy atom. The van der Waals surface area contributed by atoms with Crippen LogP contribution in [0.15, 0.2) is 18.2 Å². The second-order valence-corrected chi connectivity index (χ2v) is 5.34. The summed E-state index contributed by atoms with van der Waals surface area (Å²) in [5.41, 5.74) is -1.15. The van der Waals surface area contributed by atoms with Crippen molar-refractivity contribution < 1.29 is 24.4 Å². The van der Waals surface area contributed by atoms with Crippen molar-refractivity contribution in [2.75, 3.05) is 13.7 Å². The number of carboxylic acids is 1. The average molecular weight is 310 g/mol. The molecule has 0 aliphatic heterocycles. The quantitative estimate of drug-likeness (QED) is 0.586. The van der Waals surface area contributed by atoms with Crippen molar-refractivity contribution in [2.45, 2.75) is 20.3 Å². The van der Waals surface area contributed by atoms with E-state index in [1.54, 1.807) is 13.8 Å². The van der Waals surface area contributed by atoms with E-state index in [2.05, 4.69) is 5.32 Å². The second kappa shape index (κ2) is 6.88. The number of nitrogens with zero attached hydrogens (tertiary/aromatic N) is 1. The summed E-state index contributed by atoms with van der Waals surface area (Å²) in [6, 6.07) is 3.87. The van der Waals surface area contributed by atoms with Gasteiger partial charge in [-0.25, -0.2) is 0 Å². The lowest BCUT2D eigenvalue weighted by atomic mass is 9.90. The number of hydrogen-bond donors (Lipinski definition) is 2. The molecule has 0 atom stereocenters. The molecule has 120 valence electrons. The minimum Gasteiger partial charge on any atom is -0.490 e. The maximum Gasteiger partial charge on any atom is 0.311 e. The van der Waals surface area contributed by atoms with Gasteiger partial charge in [0.05, 0.1) is 17.4 Å². The summed E-state index contributed by atoms with van der Waals surface area (Å²) in [7, 11) is 1.30. The number of hydrogen-bond acceptors (Lipinski definition) is 5. The molecule has 1 rings (SSSR count). The van der Waals surface area contributed by atoms with E-state index in [-0.39, 0.29) is 30.0 Å². The molecule has 1 amide bonds. The standard InChI is InChI=1S/C14H18N2O6/c1-14(2,13(18)19)6-7-15-12(17)9-4-5-11(22-3)10(8-9)16(20)21/h4-5,8H,6-7H2,1-3H3,(H,15,17)(H,18,19). The van der Waals surface area contributed by atoms with E-state index in [9.17, 15) is 19.7 Å². The zero-order valence-corrected chi connectivity index (χ0v) is 12.6. The van der Waals surface area contributed by atoms with E-state index in [4.69, 9.17) is 9.84 Å². The SMILES string of the molecule is COc1ccc(C(=O)NCCC(C)(C)C(=O)O)cc1[N+](=O)[O-]. The third kappa shape index (κ3) is 4.18. The van der Waals surface area contributed by atoms with E-state index < -0.39 is 22.2 Å². The Balaban J connectivity index is 2.76.